The van der Waals surface area contributed by atoms with Gasteiger partial charge in [0.2, 0.25) is 0 Å². The van der Waals surface area contributed by atoms with E-state index in [1.54, 1.807) is 12.1 Å². The summed E-state index contributed by atoms with van der Waals surface area (Å²) in [4.78, 5) is 10.9. The summed E-state index contributed by atoms with van der Waals surface area (Å²) in [7, 11) is 1.32. The molecule has 0 bridgehead atoms. The number of hydrogen-bond donors (Lipinski definition) is 2. The van der Waals surface area contributed by atoms with E-state index in [0.717, 1.165) is 5.69 Å². The molecule has 78 valence electrons. The summed E-state index contributed by atoms with van der Waals surface area (Å²) < 4.78 is 4.46. The Labute approximate surface area is 88.6 Å². The van der Waals surface area contributed by atoms with Crippen LogP contribution in [0.3, 0.4) is 0 Å². The van der Waals surface area contributed by atoms with Crippen LogP contribution in [0.25, 0.3) is 0 Å². The average molecular weight is 204 g/mol. The molecule has 0 saturated carbocycles. The maximum atomic E-state index is 10.9. The first kappa shape index (κ1) is 10.9. The largest absolute Gasteiger partial charge is 0.453 e. The van der Waals surface area contributed by atoms with Crippen LogP contribution in [-0.2, 0) is 4.74 Å². The zero-order valence-electron chi connectivity index (χ0n) is 8.41. The van der Waals surface area contributed by atoms with E-state index >= 15 is 0 Å². The van der Waals surface area contributed by atoms with Crippen LogP contribution >= 0.6 is 0 Å². The van der Waals surface area contributed by atoms with Gasteiger partial charge in [0.05, 0.1) is 13.7 Å². The molecule has 4 nitrogen and oxygen atoms in total. The summed E-state index contributed by atoms with van der Waals surface area (Å²) in [5.74, 6) is 2.47. The van der Waals surface area contributed by atoms with Crippen LogP contribution in [0.2, 0.25) is 0 Å². The van der Waals surface area contributed by atoms with Gasteiger partial charge in [-0.25, -0.2) is 4.79 Å². The lowest BCUT2D eigenvalue weighted by molar-refractivity contribution is 0.187. The molecule has 0 spiro atoms. The molecule has 1 aromatic rings. The SMILES string of the molecule is C#CCNc1ccc(NC(=O)OC)cc1. The number of nitrogens with one attached hydrogen (secondary N) is 2. The first-order valence-corrected chi connectivity index (χ1v) is 4.38. The fraction of sp³-hybridized carbons (Fsp3) is 0.182. The minimum Gasteiger partial charge on any atom is -0.453 e. The zero-order valence-corrected chi connectivity index (χ0v) is 8.41. The van der Waals surface area contributed by atoms with E-state index in [4.69, 9.17) is 6.42 Å². The highest BCUT2D eigenvalue weighted by Gasteiger charge is 1.99. The van der Waals surface area contributed by atoms with Gasteiger partial charge < -0.3 is 10.1 Å². The molecule has 0 aromatic heterocycles. The molecule has 2 N–H and O–H groups in total. The number of rotatable bonds is 3. The van der Waals surface area contributed by atoms with Crippen LogP contribution < -0.4 is 10.6 Å². The number of carbonyl (C=O) groups is 1. The molecule has 1 aromatic carbocycles. The number of methoxy groups -OCH3 is 1. The maximum absolute atomic E-state index is 10.9. The van der Waals surface area contributed by atoms with Crippen LogP contribution in [0, 0.1) is 12.3 Å². The number of terminal acetylenes is 1. The van der Waals surface area contributed by atoms with Crippen molar-refractivity contribution in [2.45, 2.75) is 0 Å². The van der Waals surface area contributed by atoms with Gasteiger partial charge in [0.25, 0.3) is 0 Å². The number of amides is 1. The molecule has 0 aliphatic rings. The number of ether oxygens (including phenoxy) is 1. The third-order valence-corrected chi connectivity index (χ3v) is 1.71. The first-order chi connectivity index (χ1) is 7.26. The van der Waals surface area contributed by atoms with Crippen LogP contribution in [0.4, 0.5) is 16.2 Å². The lowest BCUT2D eigenvalue weighted by atomic mass is 10.3. The van der Waals surface area contributed by atoms with Crippen molar-refractivity contribution in [2.75, 3.05) is 24.3 Å². The summed E-state index contributed by atoms with van der Waals surface area (Å²) in [6, 6.07) is 7.16. The second-order valence-corrected chi connectivity index (χ2v) is 2.75. The summed E-state index contributed by atoms with van der Waals surface area (Å²) in [6.45, 7) is 0.476. The molecule has 0 saturated heterocycles. The molecule has 0 atom stereocenters. The normalized spacial score (nSPS) is 8.80. The molecule has 0 heterocycles. The van der Waals surface area contributed by atoms with Crippen molar-refractivity contribution in [1.29, 1.82) is 0 Å². The molecule has 15 heavy (non-hydrogen) atoms. The van der Waals surface area contributed by atoms with Gasteiger partial charge >= 0.3 is 6.09 Å². The summed E-state index contributed by atoms with van der Waals surface area (Å²) in [6.07, 6.45) is 4.62. The van der Waals surface area contributed by atoms with Gasteiger partial charge in [-0.1, -0.05) is 5.92 Å². The minimum atomic E-state index is -0.487. The maximum Gasteiger partial charge on any atom is 0.411 e. The molecule has 1 rings (SSSR count). The fourth-order valence-corrected chi connectivity index (χ4v) is 0.993. The van der Waals surface area contributed by atoms with Gasteiger partial charge in [-0.2, -0.15) is 0 Å². The number of anilines is 2. The Balaban J connectivity index is 2.57. The highest BCUT2D eigenvalue weighted by atomic mass is 16.5. The molecular weight excluding hydrogens is 192 g/mol. The summed E-state index contributed by atoms with van der Waals surface area (Å²) in [5.41, 5.74) is 1.58. The van der Waals surface area contributed by atoms with Crippen molar-refractivity contribution in [3.05, 3.63) is 24.3 Å². The van der Waals surface area contributed by atoms with Gasteiger partial charge in [0.15, 0.2) is 0 Å². The smallest absolute Gasteiger partial charge is 0.411 e. The lowest BCUT2D eigenvalue weighted by Crippen LogP contribution is -2.10. The van der Waals surface area contributed by atoms with E-state index in [9.17, 15) is 4.79 Å². The van der Waals surface area contributed by atoms with Gasteiger partial charge in [0.1, 0.15) is 0 Å². The molecule has 1 amide bonds. The topological polar surface area (TPSA) is 50.4 Å². The van der Waals surface area contributed by atoms with E-state index in [-0.39, 0.29) is 0 Å². The second-order valence-electron chi connectivity index (χ2n) is 2.75. The van der Waals surface area contributed by atoms with E-state index in [2.05, 4.69) is 21.3 Å². The lowest BCUT2D eigenvalue weighted by Gasteiger charge is -2.05. The Morgan fingerprint density at radius 2 is 2.00 bits per heavy atom. The highest BCUT2D eigenvalue weighted by molar-refractivity contribution is 5.84. The van der Waals surface area contributed by atoms with Crippen LogP contribution in [0.15, 0.2) is 24.3 Å². The van der Waals surface area contributed by atoms with E-state index < -0.39 is 6.09 Å². The number of hydrogen-bond acceptors (Lipinski definition) is 3. The summed E-state index contributed by atoms with van der Waals surface area (Å²) >= 11 is 0. The predicted octanol–water partition coefficient (Wildman–Crippen LogP) is 1.91. The van der Waals surface area contributed by atoms with E-state index in [1.807, 2.05) is 12.1 Å². The molecule has 4 heteroatoms. The van der Waals surface area contributed by atoms with E-state index in [0.29, 0.717) is 12.2 Å². The molecule has 0 unspecified atom stereocenters. The monoisotopic (exact) mass is 204 g/mol. The molecule has 0 aliphatic heterocycles. The Morgan fingerprint density at radius 1 is 1.40 bits per heavy atom. The van der Waals surface area contributed by atoms with Gasteiger partial charge in [-0.05, 0) is 24.3 Å². The van der Waals surface area contributed by atoms with Crippen molar-refractivity contribution < 1.29 is 9.53 Å². The second kappa shape index (κ2) is 5.55. The van der Waals surface area contributed by atoms with E-state index in [1.165, 1.54) is 7.11 Å². The van der Waals surface area contributed by atoms with Gasteiger partial charge in [-0.3, -0.25) is 5.32 Å². The Bertz CT molecular complexity index is 365. The standard InChI is InChI=1S/C11H12N2O2/c1-3-8-12-9-4-6-10(7-5-9)13-11(14)15-2/h1,4-7,12H,8H2,2H3,(H,13,14). The summed E-state index contributed by atoms with van der Waals surface area (Å²) in [5, 5.41) is 5.55. The van der Waals surface area contributed by atoms with Crippen LogP contribution in [-0.4, -0.2) is 19.7 Å². The number of carbonyl (C=O) groups excluding carboxylic acids is 1. The van der Waals surface area contributed by atoms with Gasteiger partial charge in [-0.15, -0.1) is 6.42 Å². The minimum absolute atomic E-state index is 0.476. The predicted molar refractivity (Wildman–Crippen MR) is 59.8 cm³/mol. The van der Waals surface area contributed by atoms with Gasteiger partial charge in [0, 0.05) is 11.4 Å². The molecule has 0 fully saturated rings. The quantitative estimate of drug-likeness (QED) is 0.739. The third kappa shape index (κ3) is 3.61. The Kier molecular flexibility index (Phi) is 4.05. The van der Waals surface area contributed by atoms with Crippen molar-refractivity contribution in [3.63, 3.8) is 0 Å². The number of benzene rings is 1. The highest BCUT2D eigenvalue weighted by Crippen LogP contribution is 2.13. The average Bonchev–Trinajstić information content (AvgIpc) is 2.28. The Hall–Kier alpha value is -2.15. The zero-order chi connectivity index (χ0) is 11.1. The third-order valence-electron chi connectivity index (χ3n) is 1.71. The van der Waals surface area contributed by atoms with Crippen molar-refractivity contribution in [1.82, 2.24) is 0 Å². The van der Waals surface area contributed by atoms with Crippen molar-refractivity contribution in [3.8, 4) is 12.3 Å². The molecule has 0 radical (unpaired) electrons. The van der Waals surface area contributed by atoms with Crippen molar-refractivity contribution >= 4 is 17.5 Å². The molecular formula is C11H12N2O2. The van der Waals surface area contributed by atoms with Crippen LogP contribution in [0.1, 0.15) is 0 Å². The Morgan fingerprint density at radius 3 is 2.53 bits per heavy atom. The first-order valence-electron chi connectivity index (χ1n) is 4.38. The fourth-order valence-electron chi connectivity index (χ4n) is 0.993. The molecule has 0 aliphatic carbocycles. The van der Waals surface area contributed by atoms with Crippen LogP contribution in [0.5, 0.6) is 0 Å². The van der Waals surface area contributed by atoms with Crippen molar-refractivity contribution in [2.24, 2.45) is 0 Å².